The molecule has 2 amide bonds. The minimum Gasteiger partial charge on any atom is -0.444 e. The van der Waals surface area contributed by atoms with Crippen LogP contribution in [0, 0.1) is 20.9 Å². The minimum atomic E-state index is -0.471. The van der Waals surface area contributed by atoms with Crippen LogP contribution in [0.2, 0.25) is 0 Å². The van der Waals surface area contributed by atoms with Gasteiger partial charge in [-0.2, -0.15) is 0 Å². The summed E-state index contributed by atoms with van der Waals surface area (Å²) in [6.07, 6.45) is 8.05. The fraction of sp³-hybridized carbons (Fsp3) is 0.650. The van der Waals surface area contributed by atoms with E-state index in [0.29, 0.717) is 10.8 Å². The number of non-ortho nitro benzene ring substituents is 1. The molecule has 2 aliphatic heterocycles. The first-order valence-electron chi connectivity index (χ1n) is 18.4. The van der Waals surface area contributed by atoms with Crippen LogP contribution in [0.3, 0.4) is 0 Å². The van der Waals surface area contributed by atoms with E-state index in [4.69, 9.17) is 20.3 Å². The first kappa shape index (κ1) is 43.1. The fourth-order valence-electron chi connectivity index (χ4n) is 7.89. The van der Waals surface area contributed by atoms with E-state index in [1.54, 1.807) is 12.1 Å². The van der Waals surface area contributed by atoms with Crippen LogP contribution < -0.4 is 26.2 Å². The molecule has 2 aromatic carbocycles. The van der Waals surface area contributed by atoms with Crippen molar-refractivity contribution in [2.45, 2.75) is 124 Å². The van der Waals surface area contributed by atoms with Gasteiger partial charge < -0.3 is 40.7 Å². The highest BCUT2D eigenvalue weighted by molar-refractivity contribution is 5.68. The van der Waals surface area contributed by atoms with Crippen LogP contribution in [0.15, 0.2) is 48.5 Å². The lowest BCUT2D eigenvalue weighted by Gasteiger charge is -2.52. The minimum absolute atomic E-state index is 0. The van der Waals surface area contributed by atoms with Gasteiger partial charge in [0.2, 0.25) is 0 Å². The third-order valence-electron chi connectivity index (χ3n) is 10.5. The van der Waals surface area contributed by atoms with Gasteiger partial charge in [0, 0.05) is 74.6 Å². The van der Waals surface area contributed by atoms with E-state index in [-0.39, 0.29) is 42.3 Å². The van der Waals surface area contributed by atoms with E-state index in [1.807, 2.05) is 65.8 Å². The predicted molar refractivity (Wildman–Crippen MR) is 211 cm³/mol. The number of rotatable bonds is 5. The zero-order valence-corrected chi connectivity index (χ0v) is 32.1. The highest BCUT2D eigenvalue weighted by Crippen LogP contribution is 2.50. The molecule has 0 bridgehead atoms. The van der Waals surface area contributed by atoms with Crippen LogP contribution in [-0.2, 0) is 9.47 Å². The maximum Gasteiger partial charge on any atom is 0.407 e. The highest BCUT2D eigenvalue weighted by atomic mass is 16.6. The molecule has 2 saturated heterocycles. The molecule has 0 atom stereocenters. The van der Waals surface area contributed by atoms with Gasteiger partial charge in [0.05, 0.1) is 4.92 Å². The number of hydrogen-bond donors (Lipinski definition) is 4. The van der Waals surface area contributed by atoms with E-state index >= 15 is 0 Å². The molecule has 2 saturated carbocycles. The molecule has 5 N–H and O–H groups in total. The number of benzene rings is 2. The number of nitrogens with two attached hydrogens (primary N) is 1. The summed E-state index contributed by atoms with van der Waals surface area (Å²) in [5, 5.41) is 23.7. The molecule has 4 aliphatic rings. The van der Waals surface area contributed by atoms with Gasteiger partial charge in [-0.1, -0.05) is 7.43 Å². The summed E-state index contributed by atoms with van der Waals surface area (Å²) in [6.45, 7) is 15.3. The third kappa shape index (κ3) is 12.4. The van der Waals surface area contributed by atoms with E-state index in [2.05, 4.69) is 32.6 Å². The number of nitrogens with one attached hydrogen (secondary N) is 2. The Morgan fingerprint density at radius 3 is 1.34 bits per heavy atom. The van der Waals surface area contributed by atoms with Crippen molar-refractivity contribution in [2.24, 2.45) is 10.8 Å². The van der Waals surface area contributed by atoms with E-state index < -0.39 is 11.2 Å². The number of aliphatic hydroxyl groups is 1. The van der Waals surface area contributed by atoms with Crippen molar-refractivity contribution in [3.05, 3.63) is 58.6 Å². The second kappa shape index (κ2) is 17.7. The fourth-order valence-corrected chi connectivity index (χ4v) is 7.89. The number of anilines is 3. The molecule has 2 aliphatic carbocycles. The van der Waals surface area contributed by atoms with E-state index in [1.165, 1.54) is 18.5 Å². The number of piperidine rings is 2. The summed E-state index contributed by atoms with van der Waals surface area (Å²) < 4.78 is 10.7. The van der Waals surface area contributed by atoms with Crippen LogP contribution in [0.25, 0.3) is 0 Å². The Labute approximate surface area is 316 Å². The molecule has 0 unspecified atom stereocenters. The number of carbonyl (C=O) groups is 2. The Balaban J connectivity index is 0.000000269. The zero-order chi connectivity index (χ0) is 38.3. The number of aliphatic hydroxyl groups excluding tert-OH is 1. The molecule has 2 heterocycles. The van der Waals surface area contributed by atoms with Crippen LogP contribution in [0.4, 0.5) is 32.3 Å². The lowest BCUT2D eigenvalue weighted by atomic mass is 9.60. The zero-order valence-electron chi connectivity index (χ0n) is 32.1. The topological polar surface area (TPSA) is 173 Å². The molecule has 6 rings (SSSR count). The van der Waals surface area contributed by atoms with Crippen molar-refractivity contribution in [3.63, 3.8) is 0 Å². The number of hydrogen-bond acceptors (Lipinski definition) is 10. The van der Waals surface area contributed by atoms with Gasteiger partial charge in [-0.25, -0.2) is 9.59 Å². The van der Waals surface area contributed by atoms with Crippen molar-refractivity contribution in [3.8, 4) is 0 Å². The Hall–Kier alpha value is -4.26. The molecule has 53 heavy (non-hydrogen) atoms. The molecule has 296 valence electrons. The Kier molecular flexibility index (Phi) is 14.4. The maximum atomic E-state index is 11.9. The van der Waals surface area contributed by atoms with Gasteiger partial charge >= 0.3 is 12.2 Å². The molecule has 2 aromatic rings. The highest BCUT2D eigenvalue weighted by Gasteiger charge is 2.47. The largest absolute Gasteiger partial charge is 0.444 e. The Morgan fingerprint density at radius 1 is 0.717 bits per heavy atom. The first-order chi connectivity index (χ1) is 24.4. The quantitative estimate of drug-likeness (QED) is 0.136. The number of nitrogen functional groups attached to an aromatic ring is 1. The molecule has 0 radical (unpaired) electrons. The average molecular weight is 741 g/mol. The number of carbonyl (C=O) groups excluding carboxylic acids is 2. The van der Waals surface area contributed by atoms with Crippen LogP contribution in [-0.4, -0.2) is 78.8 Å². The smallest absolute Gasteiger partial charge is 0.407 e. The summed E-state index contributed by atoms with van der Waals surface area (Å²) in [5.74, 6) is 0. The summed E-state index contributed by atoms with van der Waals surface area (Å²) in [7, 11) is 1.00. The predicted octanol–water partition coefficient (Wildman–Crippen LogP) is 7.66. The molecule has 13 nitrogen and oxygen atoms in total. The summed E-state index contributed by atoms with van der Waals surface area (Å²) in [6, 6.07) is 15.4. The molecule has 4 fully saturated rings. The second-order valence-corrected chi connectivity index (χ2v) is 16.8. The number of nitro groups is 1. The number of amides is 2. The van der Waals surface area contributed by atoms with Crippen molar-refractivity contribution in [1.82, 2.24) is 10.6 Å². The average Bonchev–Trinajstić information content (AvgIpc) is 3.04. The maximum absolute atomic E-state index is 11.9. The van der Waals surface area contributed by atoms with Crippen molar-refractivity contribution in [1.29, 1.82) is 0 Å². The van der Waals surface area contributed by atoms with Crippen LogP contribution in [0.1, 0.15) is 100 Å². The standard InChI is InChI=1S/C19H27N3O4.C19H29N3O2.CH4O.CH4/c1-18(2,3)26-17(23)20-14-12-19(13-14)8-10-21(11-9-19)15-4-6-16(7-5-15)22(24)25;1-18(2,3)24-17(23)21-15-12-19(13-15)8-10-22(11-9-19)16-6-4-14(20)5-7-16;1-2;/h4-7,14H,8-13H2,1-3H3,(H,20,23);4-7,15H,8-13,20H2,1-3H3,(H,21,23);2H,1H3;1H4. The van der Waals surface area contributed by atoms with Crippen molar-refractivity contribution >= 4 is 34.9 Å². The first-order valence-corrected chi connectivity index (χ1v) is 18.4. The van der Waals surface area contributed by atoms with E-state index in [9.17, 15) is 19.7 Å². The molecular formula is C40H64N6O7. The molecule has 2 spiro atoms. The molecule has 0 aromatic heterocycles. The SMILES string of the molecule is C.CC(C)(C)OC(=O)NC1CC2(CCN(c3ccc(N)cc3)CC2)C1.CC(C)(C)OC(=O)NC1CC2(CCN(c3ccc([N+](=O)[O-])cc3)CC2)C1.CO. The third-order valence-corrected chi connectivity index (χ3v) is 10.5. The van der Waals surface area contributed by atoms with Crippen LogP contribution in [0.5, 0.6) is 0 Å². The van der Waals surface area contributed by atoms with Crippen LogP contribution >= 0.6 is 0 Å². The monoisotopic (exact) mass is 740 g/mol. The number of nitro benzene ring substituents is 1. The summed E-state index contributed by atoms with van der Waals surface area (Å²) in [5.41, 5.74) is 8.80. The molecular weight excluding hydrogens is 676 g/mol. The van der Waals surface area contributed by atoms with E-state index in [0.717, 1.165) is 83.2 Å². The normalized spacial score (nSPS) is 20.1. The van der Waals surface area contributed by atoms with Gasteiger partial charge in [0.1, 0.15) is 11.2 Å². The summed E-state index contributed by atoms with van der Waals surface area (Å²) in [4.78, 5) is 38.8. The Morgan fingerprint density at radius 2 is 1.04 bits per heavy atom. The number of ether oxygens (including phenoxy) is 2. The lowest BCUT2D eigenvalue weighted by Crippen LogP contribution is -2.55. The summed E-state index contributed by atoms with van der Waals surface area (Å²) >= 11 is 0. The number of alkyl carbamates (subject to hydrolysis) is 2. The van der Waals surface area contributed by atoms with Gasteiger partial charge in [0.25, 0.3) is 5.69 Å². The van der Waals surface area contributed by atoms with Gasteiger partial charge in [-0.15, -0.1) is 0 Å². The second-order valence-electron chi connectivity index (χ2n) is 16.8. The van der Waals surface area contributed by atoms with Crippen molar-refractivity contribution in [2.75, 3.05) is 48.8 Å². The molecule has 13 heteroatoms. The van der Waals surface area contributed by atoms with Crippen molar-refractivity contribution < 1.29 is 29.1 Å². The lowest BCUT2D eigenvalue weighted by molar-refractivity contribution is -0.384. The van der Waals surface area contributed by atoms with Gasteiger partial charge in [0.15, 0.2) is 0 Å². The number of nitrogens with zero attached hydrogens (tertiary/aromatic N) is 3. The van der Waals surface area contributed by atoms with Gasteiger partial charge in [-0.3, -0.25) is 10.1 Å². The Bertz CT molecular complexity index is 1470. The van der Waals surface area contributed by atoms with Gasteiger partial charge in [-0.05, 0) is 140 Å².